The Balaban J connectivity index is 3.70. The number of nitrogens with zero attached hydrogens (tertiary/aromatic N) is 1. The van der Waals surface area contributed by atoms with Crippen LogP contribution in [0.15, 0.2) is 12.0 Å². The molecule has 2 amide bonds. The number of methoxy groups -OCH3 is 1. The van der Waals surface area contributed by atoms with E-state index in [1.54, 1.807) is 41.5 Å². The third-order valence-corrected chi connectivity index (χ3v) is 6.11. The highest BCUT2D eigenvalue weighted by Crippen LogP contribution is 2.43. The minimum Gasteiger partial charge on any atom is -0.503 e. The van der Waals surface area contributed by atoms with Gasteiger partial charge in [0.25, 0.3) is 0 Å². The van der Waals surface area contributed by atoms with Gasteiger partial charge in [0.15, 0.2) is 0 Å². The lowest BCUT2D eigenvalue weighted by atomic mass is 9.81. The fourth-order valence-electron chi connectivity index (χ4n) is 4.76. The highest BCUT2D eigenvalue weighted by atomic mass is 16.6. The molecule has 1 saturated heterocycles. The quantitative estimate of drug-likeness (QED) is 0.282. The Hall–Kier alpha value is -2.33. The largest absolute Gasteiger partial charge is 0.503 e. The summed E-state index contributed by atoms with van der Waals surface area (Å²) in [5, 5.41) is 2.86. The fraction of sp³-hybridized carbons (Fsp3) is 0.821. The molecule has 1 rings (SSSR count). The van der Waals surface area contributed by atoms with Crippen molar-refractivity contribution < 1.29 is 38.1 Å². The average Bonchev–Trinajstić information content (AvgIpc) is 3.13. The molecule has 220 valence electrons. The van der Waals surface area contributed by atoms with Crippen LogP contribution in [-0.2, 0) is 33.3 Å². The second-order valence-corrected chi connectivity index (χ2v) is 11.8. The first-order valence-electron chi connectivity index (χ1n) is 13.4. The van der Waals surface area contributed by atoms with E-state index in [0.717, 1.165) is 0 Å². The lowest BCUT2D eigenvalue weighted by Gasteiger charge is -2.44. The second kappa shape index (κ2) is 14.2. The molecule has 0 aliphatic carbocycles. The van der Waals surface area contributed by atoms with Gasteiger partial charge in [0.2, 0.25) is 5.91 Å². The maximum atomic E-state index is 13.8. The summed E-state index contributed by atoms with van der Waals surface area (Å²) in [6.07, 6.45) is 1.67. The van der Waals surface area contributed by atoms with Gasteiger partial charge in [-0.25, -0.2) is 9.59 Å². The lowest BCUT2D eigenvalue weighted by Crippen LogP contribution is -2.58. The number of carbonyl (C=O) groups excluding carboxylic acids is 3. The monoisotopic (exact) mass is 542 g/mol. The first-order valence-corrected chi connectivity index (χ1v) is 13.4. The molecule has 1 heterocycles. The van der Waals surface area contributed by atoms with Crippen molar-refractivity contribution in [3.8, 4) is 0 Å². The van der Waals surface area contributed by atoms with Crippen LogP contribution in [0.4, 0.5) is 4.79 Å². The van der Waals surface area contributed by atoms with E-state index in [2.05, 4.69) is 5.32 Å². The van der Waals surface area contributed by atoms with Crippen molar-refractivity contribution in [2.75, 3.05) is 26.9 Å². The van der Waals surface area contributed by atoms with Gasteiger partial charge in [-0.05, 0) is 81.6 Å². The Bertz CT molecular complexity index is 830. The van der Waals surface area contributed by atoms with Crippen LogP contribution in [0.1, 0.15) is 88.5 Å². The van der Waals surface area contributed by atoms with E-state index in [1.165, 1.54) is 25.2 Å². The zero-order valence-electron chi connectivity index (χ0n) is 25.3. The average molecular weight is 543 g/mol. The molecule has 10 heteroatoms. The third-order valence-electron chi connectivity index (χ3n) is 6.11. The van der Waals surface area contributed by atoms with E-state index in [1.807, 2.05) is 20.8 Å². The van der Waals surface area contributed by atoms with Crippen LogP contribution >= 0.6 is 0 Å². The van der Waals surface area contributed by atoms with E-state index in [0.29, 0.717) is 38.2 Å². The van der Waals surface area contributed by atoms with E-state index < -0.39 is 40.8 Å². The molecule has 1 aliphatic rings. The number of amides is 2. The van der Waals surface area contributed by atoms with Crippen LogP contribution < -0.4 is 5.32 Å². The maximum absolute atomic E-state index is 13.8. The number of likely N-dealkylation sites (tertiary alicyclic amines) is 1. The molecule has 0 aromatic heterocycles. The van der Waals surface area contributed by atoms with Crippen molar-refractivity contribution in [2.24, 2.45) is 5.92 Å². The van der Waals surface area contributed by atoms with Crippen molar-refractivity contribution >= 4 is 18.0 Å². The van der Waals surface area contributed by atoms with E-state index in [-0.39, 0.29) is 18.6 Å². The van der Waals surface area contributed by atoms with E-state index in [4.69, 9.17) is 23.7 Å². The van der Waals surface area contributed by atoms with Crippen molar-refractivity contribution in [1.82, 2.24) is 10.2 Å². The lowest BCUT2D eigenvalue weighted by molar-refractivity contribution is -0.162. The molecule has 2 unspecified atom stereocenters. The molecule has 0 aromatic carbocycles. The molecule has 1 N–H and O–H groups in total. The summed E-state index contributed by atoms with van der Waals surface area (Å²) in [6.45, 7) is 18.8. The Morgan fingerprint density at radius 3 is 2.13 bits per heavy atom. The molecule has 10 nitrogen and oxygen atoms in total. The maximum Gasteiger partial charge on any atom is 0.411 e. The Labute approximate surface area is 228 Å². The summed E-state index contributed by atoms with van der Waals surface area (Å²) in [5.74, 6) is -1.16. The van der Waals surface area contributed by atoms with Gasteiger partial charge in [0.05, 0.1) is 31.1 Å². The van der Waals surface area contributed by atoms with Gasteiger partial charge >= 0.3 is 12.1 Å². The Morgan fingerprint density at radius 1 is 1.05 bits per heavy atom. The first-order chi connectivity index (χ1) is 17.5. The summed E-state index contributed by atoms with van der Waals surface area (Å²) >= 11 is 0. The van der Waals surface area contributed by atoms with Crippen molar-refractivity contribution in [3.05, 3.63) is 12.0 Å². The number of carbonyl (C=O) groups is 3. The Kier molecular flexibility index (Phi) is 12.6. The van der Waals surface area contributed by atoms with Gasteiger partial charge in [-0.2, -0.15) is 0 Å². The summed E-state index contributed by atoms with van der Waals surface area (Å²) in [4.78, 5) is 40.7. The van der Waals surface area contributed by atoms with Crippen LogP contribution in [0.25, 0.3) is 0 Å². The molecule has 0 saturated carbocycles. The summed E-state index contributed by atoms with van der Waals surface area (Å²) in [5.41, 5.74) is -1.94. The number of esters is 1. The zero-order valence-corrected chi connectivity index (χ0v) is 25.3. The molecule has 0 radical (unpaired) electrons. The molecule has 0 spiro atoms. The highest BCUT2D eigenvalue weighted by Gasteiger charge is 2.55. The van der Waals surface area contributed by atoms with Gasteiger partial charge in [-0.15, -0.1) is 0 Å². The van der Waals surface area contributed by atoms with Crippen molar-refractivity contribution in [2.45, 2.75) is 117 Å². The van der Waals surface area contributed by atoms with Crippen molar-refractivity contribution in [1.29, 1.82) is 0 Å². The van der Waals surface area contributed by atoms with Crippen LogP contribution in [0, 0.1) is 5.92 Å². The van der Waals surface area contributed by atoms with Gasteiger partial charge in [0.1, 0.15) is 23.5 Å². The minimum atomic E-state index is -0.943. The third kappa shape index (κ3) is 10.1. The van der Waals surface area contributed by atoms with Crippen molar-refractivity contribution in [3.63, 3.8) is 0 Å². The van der Waals surface area contributed by atoms with Gasteiger partial charge in [0, 0.05) is 26.1 Å². The van der Waals surface area contributed by atoms with E-state index >= 15 is 0 Å². The highest BCUT2D eigenvalue weighted by molar-refractivity contribution is 5.83. The number of ether oxygens (including phenoxy) is 5. The Morgan fingerprint density at radius 2 is 1.66 bits per heavy atom. The number of nitrogens with one attached hydrogen (secondary N) is 1. The number of hydrogen-bond acceptors (Lipinski definition) is 8. The molecule has 4 atom stereocenters. The predicted octanol–water partition coefficient (Wildman–Crippen LogP) is 4.56. The number of rotatable bonds is 12. The van der Waals surface area contributed by atoms with E-state index in [9.17, 15) is 14.4 Å². The fourth-order valence-corrected chi connectivity index (χ4v) is 4.76. The smallest absolute Gasteiger partial charge is 0.411 e. The number of hydrogen-bond donors (Lipinski definition) is 1. The summed E-state index contributed by atoms with van der Waals surface area (Å²) < 4.78 is 28.7. The standard InChI is InChI=1S/C28H50N2O8/c1-12-35-18-28(16-21(19(3)36-13-2)22(17-34-11)29-20(4)31)15-14-23(24(32)37-26(5,6)7)30(28)25(33)38-27(8,9)10/h17,19,21,23H,12-16,18H2,1-11H3,(H,29,31)/t19?,21?,23-,28-/m1/s1. The molecule has 1 fully saturated rings. The topological polar surface area (TPSA) is 113 Å². The normalized spacial score (nSPS) is 22.0. The van der Waals surface area contributed by atoms with Crippen LogP contribution in [0.5, 0.6) is 0 Å². The van der Waals surface area contributed by atoms with Crippen LogP contribution in [-0.4, -0.2) is 78.7 Å². The zero-order chi connectivity index (χ0) is 29.3. The van der Waals surface area contributed by atoms with Gasteiger partial charge in [-0.1, -0.05) is 0 Å². The second-order valence-electron chi connectivity index (χ2n) is 11.8. The summed E-state index contributed by atoms with van der Waals surface area (Å²) in [7, 11) is 1.50. The predicted molar refractivity (Wildman–Crippen MR) is 144 cm³/mol. The molecular weight excluding hydrogens is 492 g/mol. The van der Waals surface area contributed by atoms with Gasteiger partial charge in [-0.3, -0.25) is 9.69 Å². The first kappa shape index (κ1) is 33.7. The molecule has 0 bridgehead atoms. The molecular formula is C28H50N2O8. The SMILES string of the molecule is CCOC[C@]1(CC(C(=COC)NC(C)=O)C(C)OCC)CC[C@H](C(=O)OC(C)(C)C)N1C(=O)OC(C)(C)C. The minimum absolute atomic E-state index is 0.164. The van der Waals surface area contributed by atoms with Crippen LogP contribution in [0.3, 0.4) is 0 Å². The van der Waals surface area contributed by atoms with Gasteiger partial charge < -0.3 is 29.0 Å². The molecule has 0 aromatic rings. The molecule has 1 aliphatic heterocycles. The van der Waals surface area contributed by atoms with Crippen LogP contribution in [0.2, 0.25) is 0 Å². The summed E-state index contributed by atoms with van der Waals surface area (Å²) in [6, 6.07) is -0.858. The molecule has 38 heavy (non-hydrogen) atoms.